The molecule has 4 bridgehead atoms. The van der Waals surface area contributed by atoms with Crippen molar-refractivity contribution in [2.24, 2.45) is 23.5 Å². The van der Waals surface area contributed by atoms with Crippen molar-refractivity contribution < 1.29 is 0 Å². The maximum atomic E-state index is 5.76. The largest absolute Gasteiger partial charge is 0.328 e. The summed E-state index contributed by atoms with van der Waals surface area (Å²) in [6, 6.07) is 0.322. The molecule has 1 aromatic heterocycles. The van der Waals surface area contributed by atoms with Gasteiger partial charge in [-0.25, -0.2) is 0 Å². The van der Waals surface area contributed by atoms with Crippen molar-refractivity contribution in [3.05, 3.63) is 18.0 Å². The Morgan fingerprint density at radius 1 is 1.26 bits per heavy atom. The molecular weight excluding hydrogens is 234 g/mol. The molecule has 1 atom stereocenters. The third-order valence-electron chi connectivity index (χ3n) is 6.04. The molecule has 0 aliphatic heterocycles. The Balaban J connectivity index is 1.66. The summed E-state index contributed by atoms with van der Waals surface area (Å²) in [6.07, 6.45) is 13.2. The Hall–Kier alpha value is -0.830. The van der Waals surface area contributed by atoms with Crippen LogP contribution in [-0.4, -0.2) is 16.3 Å². The number of aromatic nitrogens is 2. The van der Waals surface area contributed by atoms with E-state index in [2.05, 4.69) is 29.1 Å². The Morgan fingerprint density at radius 3 is 2.37 bits per heavy atom. The molecule has 0 amide bonds. The van der Waals surface area contributed by atoms with E-state index < -0.39 is 0 Å². The van der Waals surface area contributed by atoms with Gasteiger partial charge in [0.1, 0.15) is 0 Å². The molecule has 1 aromatic rings. The zero-order chi connectivity index (χ0) is 13.0. The quantitative estimate of drug-likeness (QED) is 0.907. The Morgan fingerprint density at radius 2 is 1.84 bits per heavy atom. The smallest absolute Gasteiger partial charge is 0.0613 e. The highest BCUT2D eigenvalue weighted by Gasteiger charge is 2.51. The molecule has 0 aromatic carbocycles. The van der Waals surface area contributed by atoms with Gasteiger partial charge >= 0.3 is 0 Å². The zero-order valence-corrected chi connectivity index (χ0v) is 11.9. The molecule has 3 heteroatoms. The van der Waals surface area contributed by atoms with Crippen molar-refractivity contribution in [1.29, 1.82) is 0 Å². The van der Waals surface area contributed by atoms with Gasteiger partial charge in [-0.05, 0) is 74.2 Å². The first-order chi connectivity index (χ1) is 9.18. The second-order valence-electron chi connectivity index (χ2n) is 7.49. The summed E-state index contributed by atoms with van der Waals surface area (Å²) < 4.78 is 2.08. The van der Waals surface area contributed by atoms with Gasteiger partial charge in [0.15, 0.2) is 0 Å². The highest BCUT2D eigenvalue weighted by Crippen LogP contribution is 2.60. The number of hydrogen-bond donors (Lipinski definition) is 1. The summed E-state index contributed by atoms with van der Waals surface area (Å²) in [6.45, 7) is 2.82. The van der Waals surface area contributed by atoms with E-state index in [1.54, 1.807) is 0 Å². The molecule has 104 valence electrons. The minimum absolute atomic E-state index is 0.322. The van der Waals surface area contributed by atoms with E-state index >= 15 is 0 Å². The normalized spacial score (nSPS) is 41.7. The Bertz CT molecular complexity index is 441. The van der Waals surface area contributed by atoms with Crippen LogP contribution in [0.2, 0.25) is 0 Å². The summed E-state index contributed by atoms with van der Waals surface area (Å²) in [5.74, 6) is 3.00. The maximum absolute atomic E-state index is 5.76. The van der Waals surface area contributed by atoms with Gasteiger partial charge in [-0.15, -0.1) is 0 Å². The van der Waals surface area contributed by atoms with Crippen LogP contribution in [0, 0.1) is 17.8 Å². The van der Waals surface area contributed by atoms with E-state index in [9.17, 15) is 0 Å². The van der Waals surface area contributed by atoms with Crippen molar-refractivity contribution in [2.75, 3.05) is 6.54 Å². The molecule has 2 N–H and O–H groups in total. The van der Waals surface area contributed by atoms with Gasteiger partial charge in [0.25, 0.3) is 0 Å². The molecule has 0 radical (unpaired) electrons. The summed E-state index contributed by atoms with van der Waals surface area (Å²) in [5, 5.41) is 4.58. The lowest BCUT2D eigenvalue weighted by Crippen LogP contribution is -2.48. The van der Waals surface area contributed by atoms with E-state index in [4.69, 9.17) is 5.73 Å². The third-order valence-corrected chi connectivity index (χ3v) is 6.04. The van der Waals surface area contributed by atoms with Crippen LogP contribution in [0.5, 0.6) is 0 Å². The van der Waals surface area contributed by atoms with Gasteiger partial charge in [-0.1, -0.05) is 0 Å². The molecule has 1 heterocycles. The van der Waals surface area contributed by atoms with Crippen LogP contribution in [0.4, 0.5) is 0 Å². The average Bonchev–Trinajstić information content (AvgIpc) is 2.86. The molecule has 4 aliphatic carbocycles. The van der Waals surface area contributed by atoms with Crippen LogP contribution in [0.25, 0.3) is 0 Å². The summed E-state index contributed by atoms with van der Waals surface area (Å²) in [7, 11) is 0. The van der Waals surface area contributed by atoms with Gasteiger partial charge in [0, 0.05) is 12.7 Å². The molecule has 19 heavy (non-hydrogen) atoms. The lowest BCUT2D eigenvalue weighted by Gasteiger charge is -2.56. The SMILES string of the molecule is CC(CN)n1cc(C23CC4CC(CC(C4)C2)C3)cn1. The van der Waals surface area contributed by atoms with Gasteiger partial charge < -0.3 is 5.73 Å². The molecule has 4 aliphatic rings. The predicted octanol–water partition coefficient (Wildman–Crippen LogP) is 2.87. The van der Waals surface area contributed by atoms with Crippen LogP contribution in [0.1, 0.15) is 57.1 Å². The predicted molar refractivity (Wildman–Crippen MR) is 75.8 cm³/mol. The minimum atomic E-state index is 0.322. The molecule has 5 rings (SSSR count). The standard InChI is InChI=1S/C16H25N3/c1-11(8-17)19-10-15(9-18-19)16-5-12-2-13(6-16)4-14(3-12)7-16/h9-14H,2-8,17H2,1H3. The van der Waals surface area contributed by atoms with E-state index in [1.807, 2.05) is 0 Å². The van der Waals surface area contributed by atoms with Crippen molar-refractivity contribution in [2.45, 2.75) is 56.9 Å². The van der Waals surface area contributed by atoms with Crippen LogP contribution in [-0.2, 0) is 5.41 Å². The van der Waals surface area contributed by atoms with Crippen LogP contribution < -0.4 is 5.73 Å². The van der Waals surface area contributed by atoms with Crippen molar-refractivity contribution >= 4 is 0 Å². The van der Waals surface area contributed by atoms with E-state index in [0.717, 1.165) is 17.8 Å². The Labute approximate surface area is 115 Å². The zero-order valence-electron chi connectivity index (χ0n) is 11.9. The molecule has 1 unspecified atom stereocenters. The van der Waals surface area contributed by atoms with Crippen molar-refractivity contribution in [3.8, 4) is 0 Å². The maximum Gasteiger partial charge on any atom is 0.0613 e. The fourth-order valence-corrected chi connectivity index (χ4v) is 5.43. The van der Waals surface area contributed by atoms with E-state index in [0.29, 0.717) is 18.0 Å². The number of nitrogens with two attached hydrogens (primary N) is 1. The first-order valence-electron chi connectivity index (χ1n) is 7.93. The van der Waals surface area contributed by atoms with Gasteiger partial charge in [0.2, 0.25) is 0 Å². The van der Waals surface area contributed by atoms with E-state index in [1.165, 1.54) is 44.1 Å². The molecule has 0 spiro atoms. The van der Waals surface area contributed by atoms with Gasteiger partial charge in [-0.3, -0.25) is 4.68 Å². The minimum Gasteiger partial charge on any atom is -0.328 e. The first-order valence-corrected chi connectivity index (χ1v) is 7.93. The number of hydrogen-bond acceptors (Lipinski definition) is 2. The lowest BCUT2D eigenvalue weighted by molar-refractivity contribution is -0.00524. The lowest BCUT2D eigenvalue weighted by atomic mass is 9.48. The van der Waals surface area contributed by atoms with E-state index in [-0.39, 0.29) is 0 Å². The van der Waals surface area contributed by atoms with Crippen LogP contribution in [0.15, 0.2) is 12.4 Å². The first kappa shape index (κ1) is 12.0. The molecule has 3 nitrogen and oxygen atoms in total. The van der Waals surface area contributed by atoms with Crippen LogP contribution >= 0.6 is 0 Å². The monoisotopic (exact) mass is 259 g/mol. The molecule has 4 saturated carbocycles. The Kier molecular flexibility index (Phi) is 2.57. The van der Waals surface area contributed by atoms with Gasteiger partial charge in [0.05, 0.1) is 12.2 Å². The number of rotatable bonds is 3. The summed E-state index contributed by atoms with van der Waals surface area (Å²) in [4.78, 5) is 0. The van der Waals surface area contributed by atoms with Crippen molar-refractivity contribution in [3.63, 3.8) is 0 Å². The molecule has 0 saturated heterocycles. The fraction of sp³-hybridized carbons (Fsp3) is 0.812. The fourth-order valence-electron chi connectivity index (χ4n) is 5.43. The highest BCUT2D eigenvalue weighted by molar-refractivity contribution is 5.25. The second kappa shape index (κ2) is 4.08. The molecule has 4 fully saturated rings. The highest BCUT2D eigenvalue weighted by atomic mass is 15.3. The topological polar surface area (TPSA) is 43.8 Å². The average molecular weight is 259 g/mol. The summed E-state index contributed by atoms with van der Waals surface area (Å²) in [5.41, 5.74) is 7.74. The van der Waals surface area contributed by atoms with Crippen molar-refractivity contribution in [1.82, 2.24) is 9.78 Å². The molecular formula is C16H25N3. The summed E-state index contributed by atoms with van der Waals surface area (Å²) >= 11 is 0. The third kappa shape index (κ3) is 1.78. The van der Waals surface area contributed by atoms with Gasteiger partial charge in [-0.2, -0.15) is 5.10 Å². The van der Waals surface area contributed by atoms with Crippen LogP contribution in [0.3, 0.4) is 0 Å². The number of nitrogens with zero attached hydrogens (tertiary/aromatic N) is 2. The second-order valence-corrected chi connectivity index (χ2v) is 7.49.